The van der Waals surface area contributed by atoms with Gasteiger partial charge in [0.1, 0.15) is 5.82 Å². The van der Waals surface area contributed by atoms with Crippen molar-refractivity contribution in [1.29, 1.82) is 5.26 Å². The molecule has 0 aliphatic rings. The van der Waals surface area contributed by atoms with E-state index < -0.39 is 0 Å². The van der Waals surface area contributed by atoms with Gasteiger partial charge >= 0.3 is 0 Å². The van der Waals surface area contributed by atoms with Crippen molar-refractivity contribution in [3.63, 3.8) is 0 Å². The molecule has 1 aromatic carbocycles. The summed E-state index contributed by atoms with van der Waals surface area (Å²) in [6, 6.07) is 10.6. The Labute approximate surface area is 123 Å². The lowest BCUT2D eigenvalue weighted by molar-refractivity contribution is 0.259. The van der Waals surface area contributed by atoms with Gasteiger partial charge in [-0.15, -0.1) is 0 Å². The summed E-state index contributed by atoms with van der Waals surface area (Å²) < 4.78 is 13.9. The zero-order chi connectivity index (χ0) is 15.1. The summed E-state index contributed by atoms with van der Waals surface area (Å²) in [5, 5.41) is 8.76. The van der Waals surface area contributed by atoms with Crippen LogP contribution in [-0.2, 0) is 13.1 Å². The molecule has 0 saturated carbocycles. The summed E-state index contributed by atoms with van der Waals surface area (Å²) in [5.74, 6) is -0.317. The summed E-state index contributed by atoms with van der Waals surface area (Å²) in [6.45, 7) is 1.64. The average Bonchev–Trinajstić information content (AvgIpc) is 2.48. The molecule has 0 fully saturated rings. The second kappa shape index (κ2) is 7.36. The number of aromatic nitrogens is 1. The van der Waals surface area contributed by atoms with E-state index in [9.17, 15) is 4.39 Å². The molecule has 2 rings (SSSR count). The van der Waals surface area contributed by atoms with E-state index in [0.29, 0.717) is 37.3 Å². The molecule has 0 amide bonds. The number of nitriles is 1. The maximum Gasteiger partial charge on any atom is 0.129 e. The number of benzene rings is 1. The zero-order valence-electron chi connectivity index (χ0n) is 11.7. The van der Waals surface area contributed by atoms with Crippen molar-refractivity contribution in [2.24, 2.45) is 0 Å². The number of hydrogen-bond donors (Lipinski definition) is 1. The van der Waals surface area contributed by atoms with Gasteiger partial charge in [-0.1, -0.05) is 12.1 Å². The van der Waals surface area contributed by atoms with Crippen molar-refractivity contribution < 1.29 is 4.39 Å². The molecule has 0 aliphatic carbocycles. The lowest BCUT2D eigenvalue weighted by atomic mass is 10.1. The predicted molar refractivity (Wildman–Crippen MR) is 79.4 cm³/mol. The first-order chi connectivity index (χ1) is 10.2. The molecule has 1 heterocycles. The Hall–Kier alpha value is -2.45. The Morgan fingerprint density at radius 1 is 1.29 bits per heavy atom. The average molecular weight is 284 g/mol. The quantitative estimate of drug-likeness (QED) is 0.828. The monoisotopic (exact) mass is 284 g/mol. The van der Waals surface area contributed by atoms with Gasteiger partial charge in [-0.05, 0) is 23.8 Å². The van der Waals surface area contributed by atoms with Gasteiger partial charge in [-0.2, -0.15) is 5.26 Å². The Bertz CT molecular complexity index is 622. The van der Waals surface area contributed by atoms with E-state index in [-0.39, 0.29) is 5.82 Å². The highest BCUT2D eigenvalue weighted by molar-refractivity contribution is 5.40. The van der Waals surface area contributed by atoms with Crippen LogP contribution in [-0.4, -0.2) is 16.4 Å². The van der Waals surface area contributed by atoms with Crippen LogP contribution < -0.4 is 5.73 Å². The molecular formula is C16H17FN4. The molecule has 1 aromatic heterocycles. The number of nitrogens with two attached hydrogens (primary N) is 1. The lowest BCUT2D eigenvalue weighted by Gasteiger charge is -2.21. The fraction of sp³-hybridized carbons (Fsp3) is 0.250. The minimum atomic E-state index is -0.317. The van der Waals surface area contributed by atoms with Gasteiger partial charge in [0, 0.05) is 49.7 Å². The van der Waals surface area contributed by atoms with Crippen LogP contribution in [0.5, 0.6) is 0 Å². The lowest BCUT2D eigenvalue weighted by Crippen LogP contribution is -2.24. The number of rotatable bonds is 6. The van der Waals surface area contributed by atoms with Crippen molar-refractivity contribution in [2.75, 3.05) is 12.3 Å². The van der Waals surface area contributed by atoms with Crippen LogP contribution in [0.4, 0.5) is 10.1 Å². The number of anilines is 1. The number of hydrogen-bond acceptors (Lipinski definition) is 4. The third-order valence-corrected chi connectivity index (χ3v) is 3.14. The Balaban J connectivity index is 2.10. The van der Waals surface area contributed by atoms with Crippen molar-refractivity contribution in [1.82, 2.24) is 9.88 Å². The molecule has 21 heavy (non-hydrogen) atoms. The first-order valence-corrected chi connectivity index (χ1v) is 6.71. The molecule has 0 radical (unpaired) electrons. The fourth-order valence-electron chi connectivity index (χ4n) is 2.10. The number of halogens is 1. The van der Waals surface area contributed by atoms with E-state index in [1.807, 2.05) is 17.0 Å². The Morgan fingerprint density at radius 3 is 2.81 bits per heavy atom. The molecule has 108 valence electrons. The van der Waals surface area contributed by atoms with Crippen LogP contribution in [0.1, 0.15) is 17.5 Å². The second-order valence-electron chi connectivity index (χ2n) is 4.83. The standard InChI is InChI=1S/C16H17FN4/c17-16-9-15(19)5-4-14(16)12-21(8-2-6-18)11-13-3-1-7-20-10-13/h1,3-5,7,9-10H,2,8,11-12,19H2. The van der Waals surface area contributed by atoms with E-state index in [1.165, 1.54) is 6.07 Å². The molecule has 0 aliphatic heterocycles. The topological polar surface area (TPSA) is 65.9 Å². The van der Waals surface area contributed by atoms with E-state index in [1.54, 1.807) is 24.5 Å². The van der Waals surface area contributed by atoms with E-state index in [0.717, 1.165) is 5.56 Å². The number of nitrogen functional groups attached to an aromatic ring is 1. The first-order valence-electron chi connectivity index (χ1n) is 6.71. The molecule has 0 unspecified atom stereocenters. The summed E-state index contributed by atoms with van der Waals surface area (Å²) in [6.07, 6.45) is 3.89. The Kier molecular flexibility index (Phi) is 5.24. The highest BCUT2D eigenvalue weighted by Crippen LogP contribution is 2.16. The molecule has 0 atom stereocenters. The van der Waals surface area contributed by atoms with Gasteiger partial charge in [0.05, 0.1) is 6.07 Å². The molecule has 2 aromatic rings. The third-order valence-electron chi connectivity index (χ3n) is 3.14. The Morgan fingerprint density at radius 2 is 2.14 bits per heavy atom. The van der Waals surface area contributed by atoms with Gasteiger partial charge in [0.25, 0.3) is 0 Å². The SMILES string of the molecule is N#CCCN(Cc1cccnc1)Cc1ccc(N)cc1F. The molecular weight excluding hydrogens is 267 g/mol. The maximum absolute atomic E-state index is 13.9. The smallest absolute Gasteiger partial charge is 0.129 e. The second-order valence-corrected chi connectivity index (χ2v) is 4.83. The normalized spacial score (nSPS) is 10.5. The minimum absolute atomic E-state index is 0.317. The maximum atomic E-state index is 13.9. The van der Waals surface area contributed by atoms with Gasteiger partial charge in [0.15, 0.2) is 0 Å². The minimum Gasteiger partial charge on any atom is -0.399 e. The van der Waals surface area contributed by atoms with E-state index in [4.69, 9.17) is 11.0 Å². The number of nitrogens with zero attached hydrogens (tertiary/aromatic N) is 3. The van der Waals surface area contributed by atoms with Gasteiger partial charge < -0.3 is 5.73 Å². The molecule has 0 bridgehead atoms. The first kappa shape index (κ1) is 14.9. The van der Waals surface area contributed by atoms with Crippen LogP contribution >= 0.6 is 0 Å². The molecule has 0 spiro atoms. The largest absolute Gasteiger partial charge is 0.399 e. The number of pyridine rings is 1. The van der Waals surface area contributed by atoms with Crippen molar-refractivity contribution >= 4 is 5.69 Å². The van der Waals surface area contributed by atoms with Crippen molar-refractivity contribution in [3.8, 4) is 6.07 Å². The third kappa shape index (κ3) is 4.55. The van der Waals surface area contributed by atoms with Gasteiger partial charge in [-0.25, -0.2) is 4.39 Å². The van der Waals surface area contributed by atoms with E-state index >= 15 is 0 Å². The molecule has 4 nitrogen and oxygen atoms in total. The summed E-state index contributed by atoms with van der Waals surface area (Å²) in [5.41, 5.74) is 7.58. The van der Waals surface area contributed by atoms with Crippen LogP contribution in [0.15, 0.2) is 42.7 Å². The fourth-order valence-corrected chi connectivity index (χ4v) is 2.10. The van der Waals surface area contributed by atoms with Crippen LogP contribution in [0.25, 0.3) is 0 Å². The molecule has 0 saturated heterocycles. The highest BCUT2D eigenvalue weighted by atomic mass is 19.1. The molecule has 5 heteroatoms. The summed E-state index contributed by atoms with van der Waals surface area (Å²) in [4.78, 5) is 6.09. The predicted octanol–water partition coefficient (Wildman–Crippen LogP) is 2.72. The van der Waals surface area contributed by atoms with Crippen LogP contribution in [0, 0.1) is 17.1 Å². The highest BCUT2D eigenvalue weighted by Gasteiger charge is 2.10. The van der Waals surface area contributed by atoms with Gasteiger partial charge in [-0.3, -0.25) is 9.88 Å². The van der Waals surface area contributed by atoms with Crippen LogP contribution in [0.2, 0.25) is 0 Å². The van der Waals surface area contributed by atoms with Crippen LogP contribution in [0.3, 0.4) is 0 Å². The zero-order valence-corrected chi connectivity index (χ0v) is 11.7. The molecule has 2 N–H and O–H groups in total. The summed E-state index contributed by atoms with van der Waals surface area (Å²) >= 11 is 0. The van der Waals surface area contributed by atoms with Gasteiger partial charge in [0.2, 0.25) is 0 Å². The van der Waals surface area contributed by atoms with E-state index in [2.05, 4.69) is 11.1 Å². The summed E-state index contributed by atoms with van der Waals surface area (Å²) in [7, 11) is 0. The van der Waals surface area contributed by atoms with Crippen molar-refractivity contribution in [2.45, 2.75) is 19.5 Å². The van der Waals surface area contributed by atoms with Crippen molar-refractivity contribution in [3.05, 3.63) is 59.7 Å².